The zero-order valence-electron chi connectivity index (χ0n) is 10.0. The van der Waals surface area contributed by atoms with Gasteiger partial charge in [-0.05, 0) is 28.9 Å². The Kier molecular flexibility index (Phi) is 2.71. The number of fused-ring (bicyclic) bond motifs is 1. The predicted octanol–water partition coefficient (Wildman–Crippen LogP) is 4.67. The van der Waals surface area contributed by atoms with E-state index in [2.05, 4.69) is 20.8 Å². The van der Waals surface area contributed by atoms with Gasteiger partial charge in [0.1, 0.15) is 5.82 Å². The predicted molar refractivity (Wildman–Crippen MR) is 67.2 cm³/mol. The highest BCUT2D eigenvalue weighted by Gasteiger charge is 2.21. The van der Waals surface area contributed by atoms with Crippen molar-refractivity contribution in [3.8, 4) is 0 Å². The Morgan fingerprint density at radius 3 is 2.25 bits per heavy atom. The number of hydrogen-bond acceptors (Lipinski definition) is 0. The summed E-state index contributed by atoms with van der Waals surface area (Å²) in [6, 6.07) is 11.2. The number of benzene rings is 2. The van der Waals surface area contributed by atoms with E-state index in [1.165, 1.54) is 5.56 Å². The van der Waals surface area contributed by atoms with E-state index in [1.54, 1.807) is 6.07 Å². The minimum atomic E-state index is -0.133. The molecule has 0 aliphatic heterocycles. The lowest BCUT2D eigenvalue weighted by molar-refractivity contribution is 0.509. The van der Waals surface area contributed by atoms with Gasteiger partial charge in [-0.1, -0.05) is 51.1 Å². The first kappa shape index (κ1) is 11.1. The molecule has 1 heteroatoms. The van der Waals surface area contributed by atoms with E-state index >= 15 is 0 Å². The van der Waals surface area contributed by atoms with Gasteiger partial charge in [-0.2, -0.15) is 0 Å². The van der Waals surface area contributed by atoms with Crippen molar-refractivity contribution in [2.75, 3.05) is 0 Å². The standard InChI is InChI=1S/C15H17F/c1-4-15(2,3)13-9-10-14(16)12-8-6-5-7-11(12)13/h5-10H,4H2,1-3H3. The molecule has 0 heterocycles. The van der Waals surface area contributed by atoms with Gasteiger partial charge in [-0.15, -0.1) is 0 Å². The Morgan fingerprint density at radius 2 is 1.62 bits per heavy atom. The van der Waals surface area contributed by atoms with Crippen LogP contribution in [0.1, 0.15) is 32.8 Å². The molecule has 0 aromatic heterocycles. The van der Waals surface area contributed by atoms with Crippen LogP contribution in [0.3, 0.4) is 0 Å². The van der Waals surface area contributed by atoms with Gasteiger partial charge in [-0.3, -0.25) is 0 Å². The molecular weight excluding hydrogens is 199 g/mol. The van der Waals surface area contributed by atoms with Crippen LogP contribution in [0.15, 0.2) is 36.4 Å². The van der Waals surface area contributed by atoms with Crippen molar-refractivity contribution in [1.29, 1.82) is 0 Å². The summed E-state index contributed by atoms with van der Waals surface area (Å²) in [6.07, 6.45) is 1.04. The highest BCUT2D eigenvalue weighted by atomic mass is 19.1. The van der Waals surface area contributed by atoms with Gasteiger partial charge in [0, 0.05) is 5.39 Å². The van der Waals surface area contributed by atoms with Gasteiger partial charge in [0.2, 0.25) is 0 Å². The first-order valence-electron chi connectivity index (χ1n) is 5.74. The number of hydrogen-bond donors (Lipinski definition) is 0. The molecule has 0 N–H and O–H groups in total. The van der Waals surface area contributed by atoms with Crippen LogP contribution in [-0.2, 0) is 5.41 Å². The van der Waals surface area contributed by atoms with Gasteiger partial charge in [0.05, 0.1) is 0 Å². The van der Waals surface area contributed by atoms with Crippen molar-refractivity contribution in [3.63, 3.8) is 0 Å². The highest BCUT2D eigenvalue weighted by molar-refractivity contribution is 5.87. The van der Waals surface area contributed by atoms with E-state index in [4.69, 9.17) is 0 Å². The van der Waals surface area contributed by atoms with E-state index in [0.29, 0.717) is 0 Å². The minimum Gasteiger partial charge on any atom is -0.206 e. The van der Waals surface area contributed by atoms with E-state index in [1.807, 2.05) is 30.3 Å². The number of rotatable bonds is 2. The van der Waals surface area contributed by atoms with Crippen LogP contribution >= 0.6 is 0 Å². The van der Waals surface area contributed by atoms with Crippen LogP contribution < -0.4 is 0 Å². The van der Waals surface area contributed by atoms with Gasteiger partial charge < -0.3 is 0 Å². The first-order valence-corrected chi connectivity index (χ1v) is 5.74. The fourth-order valence-corrected chi connectivity index (χ4v) is 2.04. The third-order valence-corrected chi connectivity index (χ3v) is 3.48. The Bertz CT molecular complexity index is 512. The van der Waals surface area contributed by atoms with Crippen molar-refractivity contribution in [3.05, 3.63) is 47.8 Å². The van der Waals surface area contributed by atoms with Crippen molar-refractivity contribution in [2.24, 2.45) is 0 Å². The van der Waals surface area contributed by atoms with Crippen molar-refractivity contribution in [1.82, 2.24) is 0 Å². The molecular formula is C15H17F. The summed E-state index contributed by atoms with van der Waals surface area (Å²) in [5.74, 6) is -0.133. The summed E-state index contributed by atoms with van der Waals surface area (Å²) < 4.78 is 13.7. The van der Waals surface area contributed by atoms with E-state index in [-0.39, 0.29) is 11.2 Å². The fraction of sp³-hybridized carbons (Fsp3) is 0.333. The Balaban J connectivity index is 2.77. The molecule has 0 bridgehead atoms. The Morgan fingerprint density at radius 1 is 1.00 bits per heavy atom. The minimum absolute atomic E-state index is 0.0906. The summed E-state index contributed by atoms with van der Waals surface area (Å²) in [5, 5.41) is 1.76. The molecule has 2 aromatic carbocycles. The summed E-state index contributed by atoms with van der Waals surface area (Å²) in [4.78, 5) is 0. The van der Waals surface area contributed by atoms with Gasteiger partial charge in [-0.25, -0.2) is 4.39 Å². The van der Waals surface area contributed by atoms with Gasteiger partial charge in [0.25, 0.3) is 0 Å². The maximum Gasteiger partial charge on any atom is 0.131 e. The van der Waals surface area contributed by atoms with Crippen LogP contribution in [-0.4, -0.2) is 0 Å². The molecule has 0 aliphatic rings. The molecule has 0 spiro atoms. The van der Waals surface area contributed by atoms with Crippen LogP contribution in [0.2, 0.25) is 0 Å². The van der Waals surface area contributed by atoms with Crippen LogP contribution in [0, 0.1) is 5.82 Å². The molecule has 16 heavy (non-hydrogen) atoms. The zero-order valence-corrected chi connectivity index (χ0v) is 10.0. The molecule has 0 unspecified atom stereocenters. The van der Waals surface area contributed by atoms with Gasteiger partial charge in [0.15, 0.2) is 0 Å². The maximum atomic E-state index is 13.7. The molecule has 0 atom stereocenters. The smallest absolute Gasteiger partial charge is 0.131 e. The van der Waals surface area contributed by atoms with E-state index in [0.717, 1.165) is 17.2 Å². The monoisotopic (exact) mass is 216 g/mol. The summed E-state index contributed by atoms with van der Waals surface area (Å²) in [7, 11) is 0. The van der Waals surface area contributed by atoms with Gasteiger partial charge >= 0.3 is 0 Å². The molecule has 0 nitrogen and oxygen atoms in total. The Labute approximate surface area is 96.1 Å². The van der Waals surface area contributed by atoms with Crippen molar-refractivity contribution >= 4 is 10.8 Å². The van der Waals surface area contributed by atoms with Crippen LogP contribution in [0.4, 0.5) is 4.39 Å². The average Bonchev–Trinajstić information content (AvgIpc) is 2.29. The van der Waals surface area contributed by atoms with Crippen LogP contribution in [0.5, 0.6) is 0 Å². The number of halogens is 1. The lowest BCUT2D eigenvalue weighted by atomic mass is 9.80. The third kappa shape index (κ3) is 1.71. The van der Waals surface area contributed by atoms with E-state index in [9.17, 15) is 4.39 Å². The molecule has 0 saturated heterocycles. The van der Waals surface area contributed by atoms with Crippen molar-refractivity contribution in [2.45, 2.75) is 32.6 Å². The lowest BCUT2D eigenvalue weighted by Gasteiger charge is -2.25. The first-order chi connectivity index (χ1) is 7.56. The molecule has 0 fully saturated rings. The maximum absolute atomic E-state index is 13.7. The molecule has 0 radical (unpaired) electrons. The average molecular weight is 216 g/mol. The normalized spacial score (nSPS) is 12.0. The molecule has 84 valence electrons. The van der Waals surface area contributed by atoms with Crippen LogP contribution in [0.25, 0.3) is 10.8 Å². The highest BCUT2D eigenvalue weighted by Crippen LogP contribution is 2.33. The summed E-state index contributed by atoms with van der Waals surface area (Å²) in [5.41, 5.74) is 1.32. The lowest BCUT2D eigenvalue weighted by Crippen LogP contribution is -2.16. The summed E-state index contributed by atoms with van der Waals surface area (Å²) in [6.45, 7) is 6.57. The second-order valence-electron chi connectivity index (χ2n) is 4.88. The third-order valence-electron chi connectivity index (χ3n) is 3.48. The second-order valence-corrected chi connectivity index (χ2v) is 4.88. The second kappa shape index (κ2) is 3.89. The Hall–Kier alpha value is -1.37. The van der Waals surface area contributed by atoms with Crippen molar-refractivity contribution < 1.29 is 4.39 Å². The van der Waals surface area contributed by atoms with E-state index < -0.39 is 0 Å². The fourth-order valence-electron chi connectivity index (χ4n) is 2.04. The molecule has 2 rings (SSSR count). The molecule has 0 amide bonds. The zero-order chi connectivity index (χ0) is 11.8. The molecule has 0 aliphatic carbocycles. The topological polar surface area (TPSA) is 0 Å². The quantitative estimate of drug-likeness (QED) is 0.684. The summed E-state index contributed by atoms with van der Waals surface area (Å²) >= 11 is 0. The largest absolute Gasteiger partial charge is 0.206 e. The SMILES string of the molecule is CCC(C)(C)c1ccc(F)c2ccccc12. The molecule has 2 aromatic rings. The molecule has 0 saturated carbocycles.